The Morgan fingerprint density at radius 1 is 1.21 bits per heavy atom. The third kappa shape index (κ3) is 3.01. The predicted molar refractivity (Wildman–Crippen MR) is 62.9 cm³/mol. The standard InChI is InChI=1S/C12H17NSi/c1-14(2,3)12(10-13)9-11-7-5-4-6-8-11/h4-8,12H,9H2,1-3H3. The molecular weight excluding hydrogens is 186 g/mol. The molecule has 0 aliphatic carbocycles. The lowest BCUT2D eigenvalue weighted by Crippen LogP contribution is -2.28. The molecule has 0 saturated carbocycles. The molecule has 14 heavy (non-hydrogen) atoms. The molecule has 0 radical (unpaired) electrons. The van der Waals surface area contributed by atoms with E-state index < -0.39 is 8.07 Å². The molecule has 0 fully saturated rings. The van der Waals surface area contributed by atoms with Gasteiger partial charge in [0.25, 0.3) is 0 Å². The topological polar surface area (TPSA) is 23.8 Å². The summed E-state index contributed by atoms with van der Waals surface area (Å²) in [5.74, 6) is 0. The van der Waals surface area contributed by atoms with Gasteiger partial charge in [0.2, 0.25) is 0 Å². The van der Waals surface area contributed by atoms with Gasteiger partial charge in [0.15, 0.2) is 0 Å². The number of hydrogen-bond donors (Lipinski definition) is 0. The van der Waals surface area contributed by atoms with Crippen molar-refractivity contribution in [1.82, 2.24) is 0 Å². The van der Waals surface area contributed by atoms with E-state index in [1.54, 1.807) is 0 Å². The second-order valence-corrected chi connectivity index (χ2v) is 10.2. The first-order chi connectivity index (χ1) is 6.54. The summed E-state index contributed by atoms with van der Waals surface area (Å²) in [4.78, 5) is 0. The molecule has 0 bridgehead atoms. The molecule has 1 nitrogen and oxygen atoms in total. The molecule has 0 saturated heterocycles. The van der Waals surface area contributed by atoms with Crippen LogP contribution in [0, 0.1) is 11.3 Å². The van der Waals surface area contributed by atoms with Crippen LogP contribution in [-0.4, -0.2) is 8.07 Å². The van der Waals surface area contributed by atoms with Crippen molar-refractivity contribution < 1.29 is 0 Å². The molecule has 0 heterocycles. The minimum Gasteiger partial charge on any atom is -0.198 e. The summed E-state index contributed by atoms with van der Waals surface area (Å²) in [6, 6.07) is 12.7. The largest absolute Gasteiger partial charge is 0.198 e. The van der Waals surface area contributed by atoms with E-state index in [0.717, 1.165) is 6.42 Å². The van der Waals surface area contributed by atoms with Gasteiger partial charge in [-0.2, -0.15) is 5.26 Å². The molecule has 0 aromatic heterocycles. The van der Waals surface area contributed by atoms with Crippen LogP contribution < -0.4 is 0 Å². The second kappa shape index (κ2) is 4.43. The van der Waals surface area contributed by atoms with E-state index in [1.807, 2.05) is 18.2 Å². The maximum absolute atomic E-state index is 9.11. The number of nitriles is 1. The van der Waals surface area contributed by atoms with Gasteiger partial charge in [-0.1, -0.05) is 50.0 Å². The molecular formula is C12H17NSi. The van der Waals surface area contributed by atoms with Crippen LogP contribution in [0.5, 0.6) is 0 Å². The first-order valence-electron chi connectivity index (χ1n) is 4.97. The maximum Gasteiger partial charge on any atom is 0.0644 e. The van der Waals surface area contributed by atoms with Crippen LogP contribution in [0.3, 0.4) is 0 Å². The molecule has 1 unspecified atom stereocenters. The smallest absolute Gasteiger partial charge is 0.0644 e. The Labute approximate surface area is 87.4 Å². The van der Waals surface area contributed by atoms with Gasteiger partial charge in [-0.05, 0) is 12.0 Å². The minimum atomic E-state index is -1.33. The van der Waals surface area contributed by atoms with Crippen LogP contribution in [0.4, 0.5) is 0 Å². The maximum atomic E-state index is 9.11. The average molecular weight is 203 g/mol. The zero-order chi connectivity index (χ0) is 10.6. The number of nitrogens with zero attached hydrogens (tertiary/aromatic N) is 1. The van der Waals surface area contributed by atoms with E-state index in [9.17, 15) is 0 Å². The summed E-state index contributed by atoms with van der Waals surface area (Å²) in [6.07, 6.45) is 0.910. The van der Waals surface area contributed by atoms with Crippen LogP contribution in [0.1, 0.15) is 5.56 Å². The Bertz CT molecular complexity index is 318. The molecule has 0 spiro atoms. The Kier molecular flexibility index (Phi) is 3.48. The van der Waals surface area contributed by atoms with Crippen LogP contribution in [0.15, 0.2) is 30.3 Å². The second-order valence-electron chi connectivity index (χ2n) is 4.74. The van der Waals surface area contributed by atoms with Gasteiger partial charge in [-0.3, -0.25) is 0 Å². The van der Waals surface area contributed by atoms with Gasteiger partial charge in [0.1, 0.15) is 0 Å². The lowest BCUT2D eigenvalue weighted by atomic mass is 10.1. The highest BCUT2D eigenvalue weighted by Gasteiger charge is 2.26. The first-order valence-corrected chi connectivity index (χ1v) is 8.55. The van der Waals surface area contributed by atoms with Gasteiger partial charge in [0, 0.05) is 5.54 Å². The molecule has 0 aliphatic rings. The van der Waals surface area contributed by atoms with E-state index in [2.05, 4.69) is 37.8 Å². The van der Waals surface area contributed by atoms with Crippen molar-refractivity contribution in [2.24, 2.45) is 0 Å². The zero-order valence-electron chi connectivity index (χ0n) is 9.12. The Balaban J connectivity index is 2.74. The fraction of sp³-hybridized carbons (Fsp3) is 0.417. The summed E-state index contributed by atoms with van der Waals surface area (Å²) in [6.45, 7) is 6.76. The van der Waals surface area contributed by atoms with E-state index in [4.69, 9.17) is 5.26 Å². The van der Waals surface area contributed by atoms with E-state index in [1.165, 1.54) is 5.56 Å². The molecule has 1 rings (SSSR count). The molecule has 0 N–H and O–H groups in total. The van der Waals surface area contributed by atoms with Crippen molar-refractivity contribution in [3.05, 3.63) is 35.9 Å². The van der Waals surface area contributed by atoms with Crippen molar-refractivity contribution in [2.75, 3.05) is 0 Å². The van der Waals surface area contributed by atoms with Crippen molar-refractivity contribution in [3.63, 3.8) is 0 Å². The SMILES string of the molecule is C[Si](C)(C)C(C#N)Cc1ccccc1. The molecule has 1 atom stereocenters. The fourth-order valence-corrected chi connectivity index (χ4v) is 2.63. The summed E-state index contributed by atoms with van der Waals surface area (Å²) in [5.41, 5.74) is 1.51. The lowest BCUT2D eigenvalue weighted by molar-refractivity contribution is 0.963. The van der Waals surface area contributed by atoms with Crippen LogP contribution >= 0.6 is 0 Å². The lowest BCUT2D eigenvalue weighted by Gasteiger charge is -2.22. The highest BCUT2D eigenvalue weighted by molar-refractivity contribution is 6.78. The quantitative estimate of drug-likeness (QED) is 0.690. The third-order valence-electron chi connectivity index (χ3n) is 2.48. The Morgan fingerprint density at radius 3 is 2.21 bits per heavy atom. The number of benzene rings is 1. The van der Waals surface area contributed by atoms with Gasteiger partial charge < -0.3 is 0 Å². The molecule has 1 aromatic rings. The zero-order valence-corrected chi connectivity index (χ0v) is 10.1. The van der Waals surface area contributed by atoms with Crippen LogP contribution in [0.2, 0.25) is 25.2 Å². The third-order valence-corrected chi connectivity index (χ3v) is 4.91. The average Bonchev–Trinajstić information content (AvgIpc) is 2.14. The minimum absolute atomic E-state index is 0.227. The highest BCUT2D eigenvalue weighted by atomic mass is 28.3. The Morgan fingerprint density at radius 2 is 1.79 bits per heavy atom. The highest BCUT2D eigenvalue weighted by Crippen LogP contribution is 2.24. The summed E-state index contributed by atoms with van der Waals surface area (Å²) in [5, 5.41) is 9.11. The predicted octanol–water partition coefficient (Wildman–Crippen LogP) is 3.46. The molecule has 0 aliphatic heterocycles. The molecule has 0 amide bonds. The van der Waals surface area contributed by atoms with E-state index in [0.29, 0.717) is 0 Å². The molecule has 2 heteroatoms. The van der Waals surface area contributed by atoms with Crippen LogP contribution in [-0.2, 0) is 6.42 Å². The van der Waals surface area contributed by atoms with Gasteiger partial charge in [-0.15, -0.1) is 0 Å². The molecule has 1 aromatic carbocycles. The van der Waals surface area contributed by atoms with E-state index in [-0.39, 0.29) is 5.54 Å². The summed E-state index contributed by atoms with van der Waals surface area (Å²) < 4.78 is 0. The van der Waals surface area contributed by atoms with E-state index >= 15 is 0 Å². The van der Waals surface area contributed by atoms with Crippen molar-refractivity contribution in [2.45, 2.75) is 31.6 Å². The Hall–Kier alpha value is -1.07. The van der Waals surface area contributed by atoms with Gasteiger partial charge in [0.05, 0.1) is 14.1 Å². The number of rotatable bonds is 3. The monoisotopic (exact) mass is 203 g/mol. The van der Waals surface area contributed by atoms with Crippen molar-refractivity contribution in [3.8, 4) is 6.07 Å². The first kappa shape index (κ1) is 11.0. The van der Waals surface area contributed by atoms with Gasteiger partial charge >= 0.3 is 0 Å². The summed E-state index contributed by atoms with van der Waals surface area (Å²) >= 11 is 0. The normalized spacial score (nSPS) is 13.3. The van der Waals surface area contributed by atoms with Crippen LogP contribution in [0.25, 0.3) is 0 Å². The molecule has 74 valence electrons. The van der Waals surface area contributed by atoms with Gasteiger partial charge in [-0.25, -0.2) is 0 Å². The van der Waals surface area contributed by atoms with Crippen molar-refractivity contribution >= 4 is 8.07 Å². The fourth-order valence-electron chi connectivity index (χ4n) is 1.40. The summed E-state index contributed by atoms with van der Waals surface area (Å²) in [7, 11) is -1.33. The van der Waals surface area contributed by atoms with Crippen molar-refractivity contribution in [1.29, 1.82) is 5.26 Å². The number of hydrogen-bond acceptors (Lipinski definition) is 1.